The van der Waals surface area contributed by atoms with E-state index >= 15 is 0 Å². The Morgan fingerprint density at radius 2 is 1.60 bits per heavy atom. The molecule has 0 aromatic heterocycles. The van der Waals surface area contributed by atoms with Crippen molar-refractivity contribution in [3.63, 3.8) is 0 Å². The van der Waals surface area contributed by atoms with Gasteiger partial charge in [0.1, 0.15) is 12.6 Å². The van der Waals surface area contributed by atoms with Gasteiger partial charge in [0.2, 0.25) is 0 Å². The average Bonchev–Trinajstić information content (AvgIpc) is 2.59. The van der Waals surface area contributed by atoms with Crippen molar-refractivity contribution in [1.82, 2.24) is 0 Å². The molecule has 2 unspecified atom stereocenters. The minimum absolute atomic E-state index is 0.416. The highest BCUT2D eigenvalue weighted by atomic mass is 16.4. The number of quaternary nitrogens is 1. The zero-order chi connectivity index (χ0) is 19.1. The Hall–Kier alpha value is -0.870. The van der Waals surface area contributed by atoms with E-state index in [0.717, 1.165) is 51.6 Å². The molecule has 0 radical (unpaired) electrons. The lowest BCUT2D eigenvalue weighted by Gasteiger charge is -2.42. The maximum absolute atomic E-state index is 11.5. The number of unbranched alkanes of at least 4 members (excludes halogenated alkanes) is 3. The van der Waals surface area contributed by atoms with Crippen molar-refractivity contribution in [2.75, 3.05) is 26.2 Å². The molecule has 4 heteroatoms. The molecule has 0 bridgehead atoms. The minimum Gasteiger partial charge on any atom is -0.550 e. The van der Waals surface area contributed by atoms with E-state index in [1.54, 1.807) is 0 Å². The molecule has 0 fully saturated rings. The third kappa shape index (κ3) is 10.7. The van der Waals surface area contributed by atoms with Crippen molar-refractivity contribution in [3.8, 4) is 0 Å². The molecular formula is C21H41NO3. The normalized spacial score (nSPS) is 14.8. The summed E-state index contributed by atoms with van der Waals surface area (Å²) >= 11 is 0. The van der Waals surface area contributed by atoms with Crippen LogP contribution in [0.25, 0.3) is 0 Å². The Kier molecular flexibility index (Phi) is 13.8. The summed E-state index contributed by atoms with van der Waals surface area (Å²) in [6.07, 6.45) is 11.5. The van der Waals surface area contributed by atoms with Crippen molar-refractivity contribution >= 4 is 5.97 Å². The molecule has 0 aliphatic carbocycles. The van der Waals surface area contributed by atoms with Crippen LogP contribution in [0, 0.1) is 5.92 Å². The number of carbonyl (C=O) groups excluding carboxylic acids is 1. The number of carbonyl (C=O) groups is 1. The SMILES string of the molecule is CCC/C=C/CC(O)C[N+](CCCC)(CCCC)CC(CC)C(=O)[O-]. The first kappa shape index (κ1) is 24.1. The van der Waals surface area contributed by atoms with Crippen LogP contribution in [0.5, 0.6) is 0 Å². The Morgan fingerprint density at radius 3 is 2.04 bits per heavy atom. The molecule has 1 N–H and O–H groups in total. The van der Waals surface area contributed by atoms with Gasteiger partial charge < -0.3 is 19.5 Å². The molecule has 0 aliphatic heterocycles. The average molecular weight is 356 g/mol. The number of hydrogen-bond acceptors (Lipinski definition) is 3. The van der Waals surface area contributed by atoms with Gasteiger partial charge in [-0.1, -0.05) is 59.1 Å². The summed E-state index contributed by atoms with van der Waals surface area (Å²) in [4.78, 5) is 11.5. The van der Waals surface area contributed by atoms with Crippen LogP contribution < -0.4 is 5.11 Å². The van der Waals surface area contributed by atoms with E-state index in [-0.39, 0.29) is 0 Å². The molecule has 0 aromatic carbocycles. The predicted octanol–water partition coefficient (Wildman–Crippen LogP) is 3.29. The fourth-order valence-electron chi connectivity index (χ4n) is 3.44. The summed E-state index contributed by atoms with van der Waals surface area (Å²) < 4.78 is 0.705. The van der Waals surface area contributed by atoms with Crippen molar-refractivity contribution < 1.29 is 19.5 Å². The predicted molar refractivity (Wildman–Crippen MR) is 103 cm³/mol. The molecular weight excluding hydrogens is 314 g/mol. The zero-order valence-electron chi connectivity index (χ0n) is 17.0. The molecule has 0 aromatic rings. The summed E-state index contributed by atoms with van der Waals surface area (Å²) in [5.74, 6) is -1.38. The number of carboxylic acid groups (broad SMARTS) is 1. The third-order valence-electron chi connectivity index (χ3n) is 5.03. The summed E-state index contributed by atoms with van der Waals surface area (Å²) in [7, 11) is 0. The van der Waals surface area contributed by atoms with Crippen LogP contribution in [-0.4, -0.2) is 47.8 Å². The lowest BCUT2D eigenvalue weighted by molar-refractivity contribution is -0.933. The highest BCUT2D eigenvalue weighted by molar-refractivity contribution is 5.67. The highest BCUT2D eigenvalue weighted by Gasteiger charge is 2.32. The van der Waals surface area contributed by atoms with Gasteiger partial charge in [-0.25, -0.2) is 0 Å². The van der Waals surface area contributed by atoms with E-state index in [1.165, 1.54) is 0 Å². The van der Waals surface area contributed by atoms with Gasteiger partial charge >= 0.3 is 0 Å². The minimum atomic E-state index is -0.949. The largest absolute Gasteiger partial charge is 0.550 e. The number of hydrogen-bond donors (Lipinski definition) is 1. The second kappa shape index (κ2) is 14.3. The van der Waals surface area contributed by atoms with E-state index < -0.39 is 18.0 Å². The van der Waals surface area contributed by atoms with Gasteiger partial charge in [0, 0.05) is 5.92 Å². The van der Waals surface area contributed by atoms with Crippen LogP contribution in [0.3, 0.4) is 0 Å². The first-order valence-corrected chi connectivity index (χ1v) is 10.3. The van der Waals surface area contributed by atoms with Gasteiger partial charge in [-0.2, -0.15) is 0 Å². The number of aliphatic hydroxyl groups excluding tert-OH is 1. The maximum Gasteiger partial charge on any atom is 0.106 e. The van der Waals surface area contributed by atoms with E-state index in [1.807, 2.05) is 6.92 Å². The molecule has 0 spiro atoms. The van der Waals surface area contributed by atoms with Crippen LogP contribution in [0.4, 0.5) is 0 Å². The molecule has 4 nitrogen and oxygen atoms in total. The second-order valence-corrected chi connectivity index (χ2v) is 7.43. The van der Waals surface area contributed by atoms with Gasteiger partial charge in [0.25, 0.3) is 0 Å². The number of aliphatic carboxylic acids is 1. The quantitative estimate of drug-likeness (QED) is 0.341. The van der Waals surface area contributed by atoms with Crippen LogP contribution in [0.15, 0.2) is 12.2 Å². The molecule has 0 amide bonds. The highest BCUT2D eigenvalue weighted by Crippen LogP contribution is 2.20. The Labute approximate surface area is 155 Å². The van der Waals surface area contributed by atoms with Crippen LogP contribution in [0.1, 0.15) is 79.1 Å². The van der Waals surface area contributed by atoms with Crippen molar-refractivity contribution in [3.05, 3.63) is 12.2 Å². The number of rotatable bonds is 16. The lowest BCUT2D eigenvalue weighted by Crippen LogP contribution is -2.57. The number of allylic oxidation sites excluding steroid dienone is 1. The Bertz CT molecular complexity index is 360. The summed E-state index contributed by atoms with van der Waals surface area (Å²) in [5, 5.41) is 22.1. The lowest BCUT2D eigenvalue weighted by atomic mass is 10.0. The summed E-state index contributed by atoms with van der Waals surface area (Å²) in [6, 6.07) is 0. The van der Waals surface area contributed by atoms with E-state index in [4.69, 9.17) is 0 Å². The third-order valence-corrected chi connectivity index (χ3v) is 5.03. The monoisotopic (exact) mass is 355 g/mol. The maximum atomic E-state index is 11.5. The van der Waals surface area contributed by atoms with Gasteiger partial charge in [-0.05, 0) is 32.1 Å². The van der Waals surface area contributed by atoms with Crippen molar-refractivity contribution in [2.45, 2.75) is 85.2 Å². The molecule has 2 atom stereocenters. The van der Waals surface area contributed by atoms with E-state index in [0.29, 0.717) is 30.4 Å². The standard InChI is InChI=1S/C21H41NO3/c1-5-9-12-13-14-20(23)18-22(15-10-6-2,16-11-7-3)17-19(8-4)21(24)25/h12-13,19-20,23H,5-11,14-18H2,1-4H3/b13-12+. The fourth-order valence-corrected chi connectivity index (χ4v) is 3.44. The van der Waals surface area contributed by atoms with Crippen molar-refractivity contribution in [1.29, 1.82) is 0 Å². The van der Waals surface area contributed by atoms with Crippen LogP contribution in [-0.2, 0) is 4.79 Å². The van der Waals surface area contributed by atoms with Crippen molar-refractivity contribution in [2.24, 2.45) is 5.92 Å². The first-order chi connectivity index (χ1) is 11.9. The number of carboxylic acids is 1. The van der Waals surface area contributed by atoms with Gasteiger partial charge in [-0.3, -0.25) is 0 Å². The molecule has 0 saturated carbocycles. The molecule has 148 valence electrons. The molecule has 0 rings (SSSR count). The van der Waals surface area contributed by atoms with Crippen LogP contribution >= 0.6 is 0 Å². The fraction of sp³-hybridized carbons (Fsp3) is 0.857. The number of aliphatic hydroxyl groups is 1. The van der Waals surface area contributed by atoms with E-state index in [2.05, 4.69) is 32.9 Å². The van der Waals surface area contributed by atoms with E-state index in [9.17, 15) is 15.0 Å². The molecule has 0 saturated heterocycles. The number of nitrogens with zero attached hydrogens (tertiary/aromatic N) is 1. The summed E-state index contributed by atoms with van der Waals surface area (Å²) in [6.45, 7) is 11.5. The zero-order valence-corrected chi connectivity index (χ0v) is 17.0. The van der Waals surface area contributed by atoms with Crippen LogP contribution in [0.2, 0.25) is 0 Å². The smallest absolute Gasteiger partial charge is 0.106 e. The van der Waals surface area contributed by atoms with Gasteiger partial charge in [0.15, 0.2) is 0 Å². The summed E-state index contributed by atoms with van der Waals surface area (Å²) in [5.41, 5.74) is 0. The van der Waals surface area contributed by atoms with Gasteiger partial charge in [-0.15, -0.1) is 0 Å². The molecule has 0 heterocycles. The molecule has 0 aliphatic rings. The Morgan fingerprint density at radius 1 is 1.00 bits per heavy atom. The Balaban J connectivity index is 5.17. The molecule has 25 heavy (non-hydrogen) atoms. The first-order valence-electron chi connectivity index (χ1n) is 10.3. The second-order valence-electron chi connectivity index (χ2n) is 7.43. The topological polar surface area (TPSA) is 60.4 Å². The van der Waals surface area contributed by atoms with Gasteiger partial charge in [0.05, 0.1) is 25.6 Å².